The Hall–Kier alpha value is -1.33. The first-order chi connectivity index (χ1) is 8.33. The maximum absolute atomic E-state index is 8.61. The third kappa shape index (κ3) is 3.57. The summed E-state index contributed by atoms with van der Waals surface area (Å²) in [5, 5.41) is 14.8. The monoisotopic (exact) mass is 268 g/mol. The van der Waals surface area contributed by atoms with Crippen molar-refractivity contribution in [1.29, 1.82) is 0 Å². The van der Waals surface area contributed by atoms with E-state index in [1.54, 1.807) is 10.3 Å². The van der Waals surface area contributed by atoms with Crippen LogP contribution in [0.2, 0.25) is 0 Å². The van der Waals surface area contributed by atoms with Gasteiger partial charge in [0.1, 0.15) is 0 Å². The zero-order chi connectivity index (χ0) is 12.7. The lowest BCUT2D eigenvalue weighted by Gasteiger charge is -2.00. The summed E-state index contributed by atoms with van der Waals surface area (Å²) < 4.78 is 0.646. The Morgan fingerprint density at radius 1 is 1.12 bits per heavy atom. The summed E-state index contributed by atoms with van der Waals surface area (Å²) in [7, 11) is 4.97. The minimum Gasteiger partial charge on any atom is -0.410 e. The quantitative estimate of drug-likeness (QED) is 0.494. The lowest BCUT2D eigenvalue weighted by atomic mass is 10.2. The van der Waals surface area contributed by atoms with Crippen LogP contribution in [0.15, 0.2) is 35.5 Å². The molecule has 17 heavy (non-hydrogen) atoms. The second-order valence-electron chi connectivity index (χ2n) is 2.94. The molecule has 0 saturated heterocycles. The Balaban J connectivity index is 0.000000686. The van der Waals surface area contributed by atoms with Crippen LogP contribution < -0.4 is 9.99 Å². The molecule has 0 saturated carbocycles. The van der Waals surface area contributed by atoms with Crippen LogP contribution in [0, 0.1) is 0 Å². The second kappa shape index (κ2) is 7.09. The maximum atomic E-state index is 8.61. The van der Waals surface area contributed by atoms with Crippen LogP contribution in [0.3, 0.4) is 0 Å². The van der Waals surface area contributed by atoms with Crippen molar-refractivity contribution in [2.24, 2.45) is 5.16 Å². The summed E-state index contributed by atoms with van der Waals surface area (Å²) in [5.74, 6) is 0. The Kier molecular flexibility index (Phi) is 5.72. The fourth-order valence-electron chi connectivity index (χ4n) is 1.23. The molecule has 0 spiro atoms. The smallest absolute Gasteiger partial charge is 0.166 e. The van der Waals surface area contributed by atoms with Gasteiger partial charge in [-0.2, -0.15) is 0 Å². The molecule has 2 rings (SSSR count). The van der Waals surface area contributed by atoms with Crippen LogP contribution in [-0.4, -0.2) is 12.3 Å². The SMILES string of the molecule is CC.CNc1ccc(-c2c/c(=N\O)ss2)cc1. The fraction of sp³-hybridized carbons (Fsp3) is 0.250. The van der Waals surface area contributed by atoms with Crippen molar-refractivity contribution >= 4 is 26.4 Å². The molecule has 0 aliphatic heterocycles. The molecule has 0 unspecified atom stereocenters. The Bertz CT molecular complexity index is 500. The van der Waals surface area contributed by atoms with Crippen molar-refractivity contribution < 1.29 is 5.21 Å². The molecule has 1 aromatic carbocycles. The van der Waals surface area contributed by atoms with Crippen molar-refractivity contribution in [1.82, 2.24) is 0 Å². The van der Waals surface area contributed by atoms with Crippen LogP contribution in [0.4, 0.5) is 5.69 Å². The number of hydrogen-bond acceptors (Lipinski definition) is 5. The van der Waals surface area contributed by atoms with E-state index in [2.05, 4.69) is 10.5 Å². The number of nitrogens with zero attached hydrogens (tertiary/aromatic N) is 1. The molecule has 0 amide bonds. The third-order valence-electron chi connectivity index (χ3n) is 2.03. The first-order valence-electron chi connectivity index (χ1n) is 5.40. The highest BCUT2D eigenvalue weighted by atomic mass is 32.9. The number of rotatable bonds is 2. The Morgan fingerprint density at radius 3 is 2.24 bits per heavy atom. The molecule has 0 fully saturated rings. The lowest BCUT2D eigenvalue weighted by Crippen LogP contribution is -1.88. The highest BCUT2D eigenvalue weighted by Crippen LogP contribution is 2.26. The largest absolute Gasteiger partial charge is 0.410 e. The summed E-state index contributed by atoms with van der Waals surface area (Å²) in [4.78, 5) is 1.12. The van der Waals surface area contributed by atoms with E-state index in [0.29, 0.717) is 4.67 Å². The Labute approximate surface area is 108 Å². The van der Waals surface area contributed by atoms with E-state index in [9.17, 15) is 0 Å². The average molecular weight is 268 g/mol. The van der Waals surface area contributed by atoms with Gasteiger partial charge >= 0.3 is 0 Å². The number of hydrogen-bond donors (Lipinski definition) is 2. The van der Waals surface area contributed by atoms with Crippen LogP contribution in [-0.2, 0) is 0 Å². The number of benzene rings is 1. The van der Waals surface area contributed by atoms with Gasteiger partial charge in [0.15, 0.2) is 4.67 Å². The van der Waals surface area contributed by atoms with Crippen LogP contribution in [0.1, 0.15) is 13.8 Å². The topological polar surface area (TPSA) is 44.6 Å². The summed E-state index contributed by atoms with van der Waals surface area (Å²) in [6, 6.07) is 10.0. The summed E-state index contributed by atoms with van der Waals surface area (Å²) in [6.45, 7) is 4.00. The third-order valence-corrected chi connectivity index (χ3v) is 4.32. The van der Waals surface area contributed by atoms with Gasteiger partial charge in [-0.3, -0.25) is 0 Å². The number of anilines is 1. The standard InChI is InChI=1S/C10H10N2OS2.C2H6/c1-11-8-4-2-7(3-5-8)9-6-10(12-13)15-14-9;1-2/h2-6,11,13H,1H3;1-2H3/b12-10+;. The molecule has 2 aromatic rings. The van der Waals surface area contributed by atoms with Gasteiger partial charge in [-0.05, 0) is 23.8 Å². The van der Waals surface area contributed by atoms with Gasteiger partial charge in [0, 0.05) is 17.6 Å². The molecule has 5 heteroatoms. The maximum Gasteiger partial charge on any atom is 0.166 e. The molecule has 2 N–H and O–H groups in total. The van der Waals surface area contributed by atoms with E-state index >= 15 is 0 Å². The molecular weight excluding hydrogens is 252 g/mol. The predicted octanol–water partition coefficient (Wildman–Crippen LogP) is 3.83. The first kappa shape index (κ1) is 13.7. The lowest BCUT2D eigenvalue weighted by molar-refractivity contribution is 0.304. The van der Waals surface area contributed by atoms with Crippen molar-refractivity contribution in [3.05, 3.63) is 35.0 Å². The molecule has 0 radical (unpaired) electrons. The normalized spacial score (nSPS) is 10.6. The van der Waals surface area contributed by atoms with Gasteiger partial charge in [0.05, 0.1) is 0 Å². The molecule has 0 atom stereocenters. The van der Waals surface area contributed by atoms with E-state index in [1.165, 1.54) is 10.3 Å². The van der Waals surface area contributed by atoms with Gasteiger partial charge in [0.2, 0.25) is 0 Å². The van der Waals surface area contributed by atoms with Crippen molar-refractivity contribution in [3.63, 3.8) is 0 Å². The van der Waals surface area contributed by atoms with E-state index in [1.807, 2.05) is 51.2 Å². The predicted molar refractivity (Wildman–Crippen MR) is 75.9 cm³/mol. The fourth-order valence-corrected chi connectivity index (χ4v) is 3.27. The summed E-state index contributed by atoms with van der Waals surface area (Å²) >= 11 is 0. The van der Waals surface area contributed by atoms with E-state index in [-0.39, 0.29) is 0 Å². The van der Waals surface area contributed by atoms with E-state index in [4.69, 9.17) is 5.21 Å². The minimum absolute atomic E-state index is 0.646. The van der Waals surface area contributed by atoms with Crippen LogP contribution in [0.25, 0.3) is 10.4 Å². The van der Waals surface area contributed by atoms with Crippen molar-refractivity contribution in [3.8, 4) is 10.4 Å². The molecule has 1 aromatic heterocycles. The van der Waals surface area contributed by atoms with Gasteiger partial charge in [-0.25, -0.2) is 0 Å². The van der Waals surface area contributed by atoms with E-state index < -0.39 is 0 Å². The molecule has 3 nitrogen and oxygen atoms in total. The van der Waals surface area contributed by atoms with Gasteiger partial charge in [0.25, 0.3) is 0 Å². The zero-order valence-corrected chi connectivity index (χ0v) is 11.7. The molecule has 92 valence electrons. The van der Waals surface area contributed by atoms with Crippen LogP contribution in [0.5, 0.6) is 0 Å². The molecule has 0 aliphatic carbocycles. The molecule has 1 heterocycles. The molecule has 0 aliphatic rings. The zero-order valence-electron chi connectivity index (χ0n) is 10.1. The summed E-state index contributed by atoms with van der Waals surface area (Å²) in [5.41, 5.74) is 2.23. The minimum atomic E-state index is 0.646. The van der Waals surface area contributed by atoms with Crippen molar-refractivity contribution in [2.75, 3.05) is 12.4 Å². The van der Waals surface area contributed by atoms with Crippen molar-refractivity contribution in [2.45, 2.75) is 13.8 Å². The molecular formula is C12H16N2OS2. The van der Waals surface area contributed by atoms with Gasteiger partial charge in [-0.1, -0.05) is 51.8 Å². The van der Waals surface area contributed by atoms with Gasteiger partial charge in [-0.15, -0.1) is 0 Å². The Morgan fingerprint density at radius 2 is 1.76 bits per heavy atom. The van der Waals surface area contributed by atoms with E-state index in [0.717, 1.165) is 16.1 Å². The summed E-state index contributed by atoms with van der Waals surface area (Å²) in [6.07, 6.45) is 0. The average Bonchev–Trinajstić information content (AvgIpc) is 2.90. The van der Waals surface area contributed by atoms with Gasteiger partial charge < -0.3 is 10.5 Å². The molecule has 0 bridgehead atoms. The first-order valence-corrected chi connectivity index (χ1v) is 7.55. The second-order valence-corrected chi connectivity index (χ2v) is 5.13. The highest BCUT2D eigenvalue weighted by Gasteiger charge is 2.00. The number of nitrogens with one attached hydrogen (secondary N) is 1. The highest BCUT2D eigenvalue weighted by molar-refractivity contribution is 7.69. The van der Waals surface area contributed by atoms with Crippen LogP contribution >= 0.6 is 20.7 Å².